The molecule has 0 atom stereocenters. The molecule has 1 saturated heterocycles. The Morgan fingerprint density at radius 3 is 2.61 bits per heavy atom. The van der Waals surface area contributed by atoms with Crippen LogP contribution in [0.2, 0.25) is 0 Å². The van der Waals surface area contributed by atoms with Crippen molar-refractivity contribution in [3.05, 3.63) is 80.9 Å². The first-order valence-corrected chi connectivity index (χ1v) is 10.2. The van der Waals surface area contributed by atoms with Crippen molar-refractivity contribution < 1.29 is 9.72 Å². The highest BCUT2D eigenvalue weighted by molar-refractivity contribution is 5.77. The number of nitro benzene ring substituents is 1. The molecule has 2 heterocycles. The lowest BCUT2D eigenvalue weighted by Gasteiger charge is -2.34. The molecule has 1 aliphatic rings. The Balaban J connectivity index is 1.30. The predicted molar refractivity (Wildman–Crippen MR) is 116 cm³/mol. The topological polar surface area (TPSA) is 102 Å². The molecule has 2 aromatic carbocycles. The number of rotatable bonds is 6. The van der Waals surface area contributed by atoms with E-state index in [1.165, 1.54) is 17.0 Å². The smallest absolute Gasteiger partial charge is 0.269 e. The van der Waals surface area contributed by atoms with Gasteiger partial charge in [-0.1, -0.05) is 24.3 Å². The summed E-state index contributed by atoms with van der Waals surface area (Å²) >= 11 is 0. The molecular formula is C22H23N5O4. The summed E-state index contributed by atoms with van der Waals surface area (Å²) in [5, 5.41) is 11.5. The number of para-hydroxylation sites is 1. The quantitative estimate of drug-likeness (QED) is 0.446. The monoisotopic (exact) mass is 421 g/mol. The van der Waals surface area contributed by atoms with E-state index < -0.39 is 4.92 Å². The van der Waals surface area contributed by atoms with Crippen LogP contribution in [0.4, 0.5) is 5.69 Å². The van der Waals surface area contributed by atoms with Gasteiger partial charge in [0.1, 0.15) is 0 Å². The average Bonchev–Trinajstić information content (AvgIpc) is 2.79. The third-order valence-electron chi connectivity index (χ3n) is 5.55. The van der Waals surface area contributed by atoms with E-state index in [-0.39, 0.29) is 23.6 Å². The normalized spacial score (nSPS) is 14.6. The molecule has 0 radical (unpaired) electrons. The van der Waals surface area contributed by atoms with Crippen LogP contribution in [0.25, 0.3) is 10.9 Å². The molecule has 0 saturated carbocycles. The number of nitrogens with zero attached hydrogens (tertiary/aromatic N) is 5. The number of carbonyl (C=O) groups excluding carboxylic acids is 1. The maximum Gasteiger partial charge on any atom is 0.269 e. The van der Waals surface area contributed by atoms with Gasteiger partial charge < -0.3 is 4.90 Å². The lowest BCUT2D eigenvalue weighted by molar-refractivity contribution is -0.384. The maximum atomic E-state index is 12.6. The Kier molecular flexibility index (Phi) is 6.03. The average molecular weight is 421 g/mol. The Hall–Kier alpha value is -3.59. The fraction of sp³-hybridized carbons (Fsp3) is 0.318. The predicted octanol–water partition coefficient (Wildman–Crippen LogP) is 2.04. The summed E-state index contributed by atoms with van der Waals surface area (Å²) in [6, 6.07) is 13.8. The van der Waals surface area contributed by atoms with Crippen LogP contribution >= 0.6 is 0 Å². The molecule has 1 amide bonds. The molecule has 1 fully saturated rings. The number of aryl methyl sites for hydroxylation is 1. The first kappa shape index (κ1) is 20.7. The molecule has 31 heavy (non-hydrogen) atoms. The van der Waals surface area contributed by atoms with Gasteiger partial charge in [-0.25, -0.2) is 4.98 Å². The van der Waals surface area contributed by atoms with Crippen LogP contribution in [-0.2, 0) is 17.9 Å². The van der Waals surface area contributed by atoms with Crippen molar-refractivity contribution in [1.82, 2.24) is 19.4 Å². The molecule has 0 spiro atoms. The van der Waals surface area contributed by atoms with Crippen LogP contribution in [0.1, 0.15) is 12.0 Å². The van der Waals surface area contributed by atoms with Crippen LogP contribution in [0, 0.1) is 10.1 Å². The largest absolute Gasteiger partial charge is 0.340 e. The Morgan fingerprint density at radius 1 is 1.06 bits per heavy atom. The fourth-order valence-corrected chi connectivity index (χ4v) is 3.82. The summed E-state index contributed by atoms with van der Waals surface area (Å²) in [5.74, 6) is 0.00931. The van der Waals surface area contributed by atoms with Gasteiger partial charge in [0.05, 0.1) is 22.2 Å². The van der Waals surface area contributed by atoms with Crippen LogP contribution in [-0.4, -0.2) is 56.4 Å². The molecule has 9 nitrogen and oxygen atoms in total. The van der Waals surface area contributed by atoms with E-state index in [1.807, 2.05) is 17.0 Å². The van der Waals surface area contributed by atoms with E-state index in [9.17, 15) is 19.7 Å². The van der Waals surface area contributed by atoms with Gasteiger partial charge in [-0.2, -0.15) is 0 Å². The Labute approximate surface area is 178 Å². The molecule has 0 unspecified atom stereocenters. The third kappa shape index (κ3) is 4.77. The second-order valence-electron chi connectivity index (χ2n) is 7.59. The van der Waals surface area contributed by atoms with E-state index in [0.29, 0.717) is 50.2 Å². The van der Waals surface area contributed by atoms with Crippen LogP contribution in [0.15, 0.2) is 59.7 Å². The van der Waals surface area contributed by atoms with Crippen LogP contribution < -0.4 is 5.56 Å². The van der Waals surface area contributed by atoms with Crippen molar-refractivity contribution in [2.45, 2.75) is 19.5 Å². The SMILES string of the molecule is O=C(CCn1cnc2ccccc2c1=O)N1CCN(Cc2cccc([N+](=O)[O-])c2)CC1. The minimum Gasteiger partial charge on any atom is -0.340 e. The maximum absolute atomic E-state index is 12.6. The number of benzene rings is 2. The third-order valence-corrected chi connectivity index (χ3v) is 5.55. The van der Waals surface area contributed by atoms with E-state index in [4.69, 9.17) is 0 Å². The summed E-state index contributed by atoms with van der Waals surface area (Å²) in [4.78, 5) is 44.0. The van der Waals surface area contributed by atoms with E-state index in [0.717, 1.165) is 5.56 Å². The van der Waals surface area contributed by atoms with E-state index >= 15 is 0 Å². The van der Waals surface area contributed by atoms with Gasteiger partial charge in [-0.05, 0) is 17.7 Å². The standard InChI is InChI=1S/C22H23N5O4/c28-21(8-9-26-16-23-20-7-2-1-6-19(20)22(26)29)25-12-10-24(11-13-25)15-17-4-3-5-18(14-17)27(30)31/h1-7,14,16H,8-13,15H2. The zero-order valence-electron chi connectivity index (χ0n) is 17.0. The Bertz CT molecular complexity index is 1170. The zero-order chi connectivity index (χ0) is 21.8. The molecule has 1 aliphatic heterocycles. The van der Waals surface area contributed by atoms with Crippen molar-refractivity contribution in [3.63, 3.8) is 0 Å². The van der Waals surface area contributed by atoms with Gasteiger partial charge >= 0.3 is 0 Å². The number of fused-ring (bicyclic) bond motifs is 1. The highest BCUT2D eigenvalue weighted by Gasteiger charge is 2.21. The number of carbonyl (C=O) groups is 1. The Morgan fingerprint density at radius 2 is 1.84 bits per heavy atom. The van der Waals surface area contributed by atoms with E-state index in [1.54, 1.807) is 30.3 Å². The van der Waals surface area contributed by atoms with Crippen molar-refractivity contribution in [2.24, 2.45) is 0 Å². The number of hydrogen-bond donors (Lipinski definition) is 0. The fourth-order valence-electron chi connectivity index (χ4n) is 3.82. The molecule has 0 bridgehead atoms. The van der Waals surface area contributed by atoms with Gasteiger partial charge in [-0.15, -0.1) is 0 Å². The van der Waals surface area contributed by atoms with Crippen molar-refractivity contribution in [2.75, 3.05) is 26.2 Å². The molecular weight excluding hydrogens is 398 g/mol. The van der Waals surface area contributed by atoms with Gasteiger partial charge in [-0.3, -0.25) is 29.2 Å². The molecule has 3 aromatic rings. The molecule has 1 aromatic heterocycles. The zero-order valence-corrected chi connectivity index (χ0v) is 17.0. The van der Waals surface area contributed by atoms with Crippen LogP contribution in [0.3, 0.4) is 0 Å². The summed E-state index contributed by atoms with van der Waals surface area (Å²) < 4.78 is 1.48. The van der Waals surface area contributed by atoms with Gasteiger partial charge in [0.2, 0.25) is 5.91 Å². The first-order chi connectivity index (χ1) is 15.0. The van der Waals surface area contributed by atoms with Crippen molar-refractivity contribution in [3.8, 4) is 0 Å². The number of hydrogen-bond acceptors (Lipinski definition) is 6. The lowest BCUT2D eigenvalue weighted by atomic mass is 10.1. The molecule has 160 valence electrons. The number of amides is 1. The summed E-state index contributed by atoms with van der Waals surface area (Å²) in [7, 11) is 0. The first-order valence-electron chi connectivity index (χ1n) is 10.2. The minimum absolute atomic E-state index is 0.00931. The number of aromatic nitrogens is 2. The molecule has 4 rings (SSSR count). The van der Waals surface area contributed by atoms with Gasteiger partial charge in [0, 0.05) is 57.8 Å². The number of nitro groups is 1. The van der Waals surface area contributed by atoms with Crippen LogP contribution in [0.5, 0.6) is 0 Å². The van der Waals surface area contributed by atoms with Gasteiger partial charge in [0.25, 0.3) is 11.2 Å². The number of piperazine rings is 1. The number of non-ortho nitro benzene ring substituents is 1. The second-order valence-corrected chi connectivity index (χ2v) is 7.59. The second kappa shape index (κ2) is 9.05. The van der Waals surface area contributed by atoms with Gasteiger partial charge in [0.15, 0.2) is 0 Å². The highest BCUT2D eigenvalue weighted by Crippen LogP contribution is 2.16. The minimum atomic E-state index is -0.392. The molecule has 0 N–H and O–H groups in total. The van der Waals surface area contributed by atoms with E-state index in [2.05, 4.69) is 9.88 Å². The summed E-state index contributed by atoms with van der Waals surface area (Å²) in [5.41, 5.74) is 1.48. The molecule has 0 aliphatic carbocycles. The summed E-state index contributed by atoms with van der Waals surface area (Å²) in [6.45, 7) is 3.50. The van der Waals surface area contributed by atoms with Crippen molar-refractivity contribution >= 4 is 22.5 Å². The lowest BCUT2D eigenvalue weighted by Crippen LogP contribution is -2.48. The molecule has 9 heteroatoms. The van der Waals surface area contributed by atoms with Crippen molar-refractivity contribution in [1.29, 1.82) is 0 Å². The summed E-state index contributed by atoms with van der Waals surface area (Å²) in [6.07, 6.45) is 1.74. The highest BCUT2D eigenvalue weighted by atomic mass is 16.6.